The van der Waals surface area contributed by atoms with E-state index in [1.807, 2.05) is 0 Å². The number of carbonyl (C=O) groups excluding carboxylic acids is 2. The number of ether oxygens (including phenoxy) is 2. The first-order valence-electron chi connectivity index (χ1n) is 6.45. The molecular weight excluding hydrogens is 292 g/mol. The third kappa shape index (κ3) is 5.31. The molecule has 8 nitrogen and oxygen atoms in total. The number of nitrogens with one attached hydrogen (secondary N) is 1. The molecule has 1 aromatic carbocycles. The van der Waals surface area contributed by atoms with Gasteiger partial charge in [0.15, 0.2) is 6.10 Å². The quantitative estimate of drug-likeness (QED) is 0.615. The van der Waals surface area contributed by atoms with Crippen LogP contribution in [0.15, 0.2) is 24.3 Å². The minimum atomic E-state index is -1.39. The van der Waals surface area contributed by atoms with E-state index in [0.717, 1.165) is 0 Å². The summed E-state index contributed by atoms with van der Waals surface area (Å²) in [6, 6.07) is 5.23. The van der Waals surface area contributed by atoms with Crippen molar-refractivity contribution in [2.75, 3.05) is 7.11 Å². The molecule has 120 valence electrons. The number of rotatable bonds is 8. The van der Waals surface area contributed by atoms with Crippen molar-refractivity contribution >= 4 is 17.8 Å². The molecule has 0 bridgehead atoms. The first kappa shape index (κ1) is 17.3. The second-order valence-electron chi connectivity index (χ2n) is 4.51. The highest BCUT2D eigenvalue weighted by Gasteiger charge is 2.25. The van der Waals surface area contributed by atoms with E-state index in [2.05, 4.69) is 5.32 Å². The normalized spacial score (nSPS) is 12.8. The Kier molecular flexibility index (Phi) is 6.18. The van der Waals surface area contributed by atoms with Gasteiger partial charge in [-0.1, -0.05) is 6.07 Å². The van der Waals surface area contributed by atoms with Crippen molar-refractivity contribution in [1.82, 2.24) is 5.32 Å². The van der Waals surface area contributed by atoms with Crippen LogP contribution >= 0.6 is 0 Å². The van der Waals surface area contributed by atoms with Gasteiger partial charge in [0.1, 0.15) is 17.5 Å². The summed E-state index contributed by atoms with van der Waals surface area (Å²) in [6.07, 6.45) is -1.45. The summed E-state index contributed by atoms with van der Waals surface area (Å²) in [6.45, 7) is 1.46. The first-order valence-corrected chi connectivity index (χ1v) is 6.45. The maximum atomic E-state index is 11.9. The highest BCUT2D eigenvalue weighted by Crippen LogP contribution is 2.19. The van der Waals surface area contributed by atoms with Crippen molar-refractivity contribution in [3.63, 3.8) is 0 Å². The highest BCUT2D eigenvalue weighted by molar-refractivity contribution is 5.89. The molecule has 0 spiro atoms. The van der Waals surface area contributed by atoms with E-state index in [4.69, 9.17) is 20.3 Å². The number of hydrogen-bond donors (Lipinski definition) is 3. The zero-order valence-corrected chi connectivity index (χ0v) is 12.2. The highest BCUT2D eigenvalue weighted by atomic mass is 16.5. The molecule has 0 aliphatic heterocycles. The van der Waals surface area contributed by atoms with E-state index in [0.29, 0.717) is 11.5 Å². The number of primary amides is 1. The molecule has 0 radical (unpaired) electrons. The minimum Gasteiger partial charge on any atom is -0.497 e. The van der Waals surface area contributed by atoms with Crippen molar-refractivity contribution in [2.45, 2.75) is 25.5 Å². The van der Waals surface area contributed by atoms with Crippen LogP contribution in [0.1, 0.15) is 13.3 Å². The first-order chi connectivity index (χ1) is 10.3. The van der Waals surface area contributed by atoms with Gasteiger partial charge in [-0.2, -0.15) is 0 Å². The lowest BCUT2D eigenvalue weighted by molar-refractivity contribution is -0.144. The minimum absolute atomic E-state index is 0.392. The lowest BCUT2D eigenvalue weighted by atomic mass is 10.2. The topological polar surface area (TPSA) is 128 Å². The Morgan fingerprint density at radius 2 is 1.95 bits per heavy atom. The Morgan fingerprint density at radius 1 is 1.32 bits per heavy atom. The maximum Gasteiger partial charge on any atom is 0.326 e. The van der Waals surface area contributed by atoms with E-state index in [9.17, 15) is 14.4 Å². The zero-order chi connectivity index (χ0) is 16.7. The Balaban J connectivity index is 2.67. The van der Waals surface area contributed by atoms with E-state index in [1.54, 1.807) is 24.3 Å². The molecular formula is C14H18N2O6. The number of aliphatic carboxylic acids is 1. The van der Waals surface area contributed by atoms with Crippen LogP contribution in [0.4, 0.5) is 0 Å². The van der Waals surface area contributed by atoms with Gasteiger partial charge in [-0.25, -0.2) is 4.79 Å². The van der Waals surface area contributed by atoms with Gasteiger partial charge < -0.3 is 25.6 Å². The molecule has 0 aliphatic rings. The fourth-order valence-corrected chi connectivity index (χ4v) is 1.62. The molecule has 0 fully saturated rings. The fourth-order valence-electron chi connectivity index (χ4n) is 1.62. The number of carboxylic acid groups (broad SMARTS) is 1. The molecule has 0 heterocycles. The van der Waals surface area contributed by atoms with E-state index >= 15 is 0 Å². The molecule has 0 aliphatic carbocycles. The monoisotopic (exact) mass is 310 g/mol. The van der Waals surface area contributed by atoms with E-state index < -0.39 is 36.4 Å². The Hall–Kier alpha value is -2.77. The summed E-state index contributed by atoms with van der Waals surface area (Å²) in [4.78, 5) is 33.7. The summed E-state index contributed by atoms with van der Waals surface area (Å²) >= 11 is 0. The number of carbonyl (C=O) groups is 3. The number of hydrogen-bond acceptors (Lipinski definition) is 5. The molecule has 0 saturated carbocycles. The summed E-state index contributed by atoms with van der Waals surface area (Å²) in [7, 11) is 1.50. The van der Waals surface area contributed by atoms with Crippen molar-refractivity contribution in [3.05, 3.63) is 24.3 Å². The molecule has 2 atom stereocenters. The molecule has 8 heteroatoms. The molecule has 2 unspecified atom stereocenters. The van der Waals surface area contributed by atoms with Crippen LogP contribution < -0.4 is 20.5 Å². The average molecular weight is 310 g/mol. The van der Waals surface area contributed by atoms with Crippen LogP contribution in [-0.2, 0) is 14.4 Å². The van der Waals surface area contributed by atoms with Crippen LogP contribution in [0.3, 0.4) is 0 Å². The van der Waals surface area contributed by atoms with Gasteiger partial charge in [0, 0.05) is 6.07 Å². The lowest BCUT2D eigenvalue weighted by Crippen LogP contribution is -2.47. The van der Waals surface area contributed by atoms with Gasteiger partial charge in [0.05, 0.1) is 13.5 Å². The SMILES string of the molecule is COc1cccc(OC(C)C(=O)NC(CC(N)=O)C(=O)O)c1. The van der Waals surface area contributed by atoms with Gasteiger partial charge in [0.25, 0.3) is 5.91 Å². The Bertz CT molecular complexity index is 560. The van der Waals surface area contributed by atoms with E-state index in [-0.39, 0.29) is 0 Å². The average Bonchev–Trinajstić information content (AvgIpc) is 2.46. The third-order valence-electron chi connectivity index (χ3n) is 2.74. The smallest absolute Gasteiger partial charge is 0.326 e. The van der Waals surface area contributed by atoms with Gasteiger partial charge in [-0.15, -0.1) is 0 Å². The fraction of sp³-hybridized carbons (Fsp3) is 0.357. The standard InChI is InChI=1S/C14H18N2O6/c1-8(22-10-5-3-4-9(6-10)21-2)13(18)16-11(14(19)20)7-12(15)17/h3-6,8,11H,7H2,1-2H3,(H2,15,17)(H,16,18)(H,19,20). The van der Waals surface area contributed by atoms with Crippen molar-refractivity contribution < 1.29 is 29.0 Å². The van der Waals surface area contributed by atoms with Crippen LogP contribution in [0.25, 0.3) is 0 Å². The summed E-state index contributed by atoms with van der Waals surface area (Å²) in [5.41, 5.74) is 4.94. The van der Waals surface area contributed by atoms with Crippen LogP contribution in [-0.4, -0.2) is 42.1 Å². The number of methoxy groups -OCH3 is 1. The number of benzene rings is 1. The van der Waals surface area contributed by atoms with Crippen LogP contribution in [0, 0.1) is 0 Å². The predicted molar refractivity (Wildman–Crippen MR) is 76.5 cm³/mol. The Labute approximate surface area is 127 Å². The summed E-state index contributed by atoms with van der Waals surface area (Å²) in [5.74, 6) is -1.89. The predicted octanol–water partition coefficient (Wildman–Crippen LogP) is -0.0927. The van der Waals surface area contributed by atoms with Gasteiger partial charge >= 0.3 is 5.97 Å². The summed E-state index contributed by atoms with van der Waals surface area (Å²) in [5, 5.41) is 11.1. The Morgan fingerprint density at radius 3 is 2.50 bits per heavy atom. The zero-order valence-electron chi connectivity index (χ0n) is 12.2. The number of amides is 2. The lowest BCUT2D eigenvalue weighted by Gasteiger charge is -2.18. The van der Waals surface area contributed by atoms with E-state index in [1.165, 1.54) is 14.0 Å². The van der Waals surface area contributed by atoms with Crippen LogP contribution in [0.5, 0.6) is 11.5 Å². The van der Waals surface area contributed by atoms with Crippen LogP contribution in [0.2, 0.25) is 0 Å². The van der Waals surface area contributed by atoms with Gasteiger partial charge in [-0.3, -0.25) is 9.59 Å². The molecule has 0 saturated heterocycles. The molecule has 4 N–H and O–H groups in total. The maximum absolute atomic E-state index is 11.9. The second kappa shape index (κ2) is 7.87. The molecule has 2 amide bonds. The van der Waals surface area contributed by atoms with Gasteiger partial charge in [0.2, 0.25) is 5.91 Å². The van der Waals surface area contributed by atoms with Crippen molar-refractivity contribution in [2.24, 2.45) is 5.73 Å². The molecule has 1 rings (SSSR count). The molecule has 0 aromatic heterocycles. The number of carboxylic acids is 1. The third-order valence-corrected chi connectivity index (χ3v) is 2.74. The molecule has 22 heavy (non-hydrogen) atoms. The van der Waals surface area contributed by atoms with Gasteiger partial charge in [-0.05, 0) is 19.1 Å². The largest absolute Gasteiger partial charge is 0.497 e. The second-order valence-corrected chi connectivity index (χ2v) is 4.51. The van der Waals surface area contributed by atoms with Crippen molar-refractivity contribution in [3.8, 4) is 11.5 Å². The molecule has 1 aromatic rings. The summed E-state index contributed by atoms with van der Waals surface area (Å²) < 4.78 is 10.4. The number of nitrogens with two attached hydrogens (primary N) is 1. The van der Waals surface area contributed by atoms with Crippen molar-refractivity contribution in [1.29, 1.82) is 0 Å².